The maximum Gasteiger partial charge on any atom is 0.225 e. The summed E-state index contributed by atoms with van der Waals surface area (Å²) in [4.78, 5) is 20.4. The van der Waals surface area contributed by atoms with Crippen LogP contribution >= 0.6 is 0 Å². The Labute approximate surface area is 129 Å². The Bertz CT molecular complexity index is 675. The van der Waals surface area contributed by atoms with Crippen molar-refractivity contribution in [3.63, 3.8) is 0 Å². The summed E-state index contributed by atoms with van der Waals surface area (Å²) in [5, 5.41) is 3.10. The fourth-order valence-corrected chi connectivity index (χ4v) is 4.28. The van der Waals surface area contributed by atoms with Gasteiger partial charge in [-0.25, -0.2) is 4.98 Å². The van der Waals surface area contributed by atoms with Gasteiger partial charge in [0.2, 0.25) is 5.91 Å². The highest BCUT2D eigenvalue weighted by molar-refractivity contribution is 5.81. The summed E-state index contributed by atoms with van der Waals surface area (Å²) in [5.41, 5.74) is 8.18. The Morgan fingerprint density at radius 2 is 2.14 bits per heavy atom. The maximum absolute atomic E-state index is 12.6. The first-order chi connectivity index (χ1) is 10.6. The van der Waals surface area contributed by atoms with Gasteiger partial charge in [0.25, 0.3) is 0 Å². The van der Waals surface area contributed by atoms with Crippen molar-refractivity contribution >= 4 is 16.9 Å². The van der Waals surface area contributed by atoms with Crippen LogP contribution in [0.25, 0.3) is 11.0 Å². The van der Waals surface area contributed by atoms with Crippen molar-refractivity contribution in [2.45, 2.75) is 38.3 Å². The first-order valence-corrected chi connectivity index (χ1v) is 8.14. The van der Waals surface area contributed by atoms with Gasteiger partial charge in [-0.15, -0.1) is 0 Å². The van der Waals surface area contributed by atoms with Crippen molar-refractivity contribution in [1.82, 2.24) is 15.3 Å². The summed E-state index contributed by atoms with van der Waals surface area (Å²) in [6.45, 7) is 1.97. The standard InChI is InChI=1S/C17H22N4O/c1-9(16-20-12-4-2-3-5-13(12)21-16)19-17(22)14-10-6-7-11(8-10)15(14)18/h2-5,9-11,14-15H,6-8,18H2,1H3,(H,19,22)(H,20,21). The van der Waals surface area contributed by atoms with E-state index in [1.807, 2.05) is 31.2 Å². The Morgan fingerprint density at radius 1 is 1.36 bits per heavy atom. The molecule has 1 aromatic heterocycles. The van der Waals surface area contributed by atoms with E-state index in [0.717, 1.165) is 29.7 Å². The summed E-state index contributed by atoms with van der Waals surface area (Å²) in [5.74, 6) is 1.88. The van der Waals surface area contributed by atoms with Crippen molar-refractivity contribution < 1.29 is 4.79 Å². The molecule has 5 nitrogen and oxygen atoms in total. The number of fused-ring (bicyclic) bond motifs is 3. The highest BCUT2D eigenvalue weighted by Gasteiger charge is 2.49. The second kappa shape index (κ2) is 5.09. The molecule has 2 bridgehead atoms. The number of rotatable bonds is 3. The molecule has 5 heteroatoms. The molecule has 1 heterocycles. The molecule has 2 aliphatic rings. The molecular formula is C17H22N4O. The van der Waals surface area contributed by atoms with E-state index in [9.17, 15) is 4.79 Å². The lowest BCUT2D eigenvalue weighted by Crippen LogP contribution is -2.45. The Hall–Kier alpha value is -1.88. The molecule has 2 saturated carbocycles. The number of H-pyrrole nitrogens is 1. The van der Waals surface area contributed by atoms with Gasteiger partial charge < -0.3 is 16.0 Å². The number of nitrogens with one attached hydrogen (secondary N) is 2. The third-order valence-electron chi connectivity index (χ3n) is 5.46. The largest absolute Gasteiger partial charge is 0.346 e. The summed E-state index contributed by atoms with van der Waals surface area (Å²) in [6, 6.07) is 7.79. The van der Waals surface area contributed by atoms with E-state index in [0.29, 0.717) is 11.8 Å². The van der Waals surface area contributed by atoms with Crippen LogP contribution in [0.15, 0.2) is 24.3 Å². The molecular weight excluding hydrogens is 276 g/mol. The third-order valence-corrected chi connectivity index (χ3v) is 5.46. The molecule has 0 aliphatic heterocycles. The number of para-hydroxylation sites is 2. The van der Waals surface area contributed by atoms with E-state index in [1.165, 1.54) is 6.42 Å². The number of benzene rings is 1. The lowest BCUT2D eigenvalue weighted by atomic mass is 9.84. The highest BCUT2D eigenvalue weighted by atomic mass is 16.2. The minimum absolute atomic E-state index is 0.0226. The Morgan fingerprint density at radius 3 is 2.86 bits per heavy atom. The van der Waals surface area contributed by atoms with Gasteiger partial charge in [-0.2, -0.15) is 0 Å². The van der Waals surface area contributed by atoms with Crippen molar-refractivity contribution in [3.05, 3.63) is 30.1 Å². The molecule has 2 fully saturated rings. The molecule has 0 radical (unpaired) electrons. The van der Waals surface area contributed by atoms with E-state index in [1.54, 1.807) is 0 Å². The van der Waals surface area contributed by atoms with Crippen molar-refractivity contribution in [3.8, 4) is 0 Å². The number of hydrogen-bond donors (Lipinski definition) is 3. The van der Waals surface area contributed by atoms with E-state index in [2.05, 4.69) is 15.3 Å². The predicted octanol–water partition coefficient (Wildman–Crippen LogP) is 2.11. The average Bonchev–Trinajstić information content (AvgIpc) is 3.20. The molecule has 22 heavy (non-hydrogen) atoms. The van der Waals surface area contributed by atoms with E-state index in [4.69, 9.17) is 5.73 Å². The minimum atomic E-state index is -0.133. The normalized spacial score (nSPS) is 31.5. The molecule has 1 aromatic carbocycles. The lowest BCUT2D eigenvalue weighted by molar-refractivity contribution is -0.127. The van der Waals surface area contributed by atoms with Crippen LogP contribution in [0, 0.1) is 17.8 Å². The molecule has 116 valence electrons. The zero-order chi connectivity index (χ0) is 15.3. The monoisotopic (exact) mass is 298 g/mol. The van der Waals surface area contributed by atoms with Crippen LogP contribution in [0.1, 0.15) is 38.1 Å². The van der Waals surface area contributed by atoms with E-state index < -0.39 is 0 Å². The summed E-state index contributed by atoms with van der Waals surface area (Å²) < 4.78 is 0. The SMILES string of the molecule is CC(NC(=O)C1C2CCC(C2)C1N)c1nc2ccccc2[nH]1. The van der Waals surface area contributed by atoms with Crippen LogP contribution in [-0.4, -0.2) is 21.9 Å². The van der Waals surface area contributed by atoms with Gasteiger partial charge in [0.15, 0.2) is 0 Å². The number of aromatic nitrogens is 2. The zero-order valence-electron chi connectivity index (χ0n) is 12.8. The molecule has 0 saturated heterocycles. The number of hydrogen-bond acceptors (Lipinski definition) is 3. The highest BCUT2D eigenvalue weighted by Crippen LogP contribution is 2.47. The number of nitrogens with two attached hydrogens (primary N) is 1. The topological polar surface area (TPSA) is 83.8 Å². The fourth-order valence-electron chi connectivity index (χ4n) is 4.28. The van der Waals surface area contributed by atoms with Crippen LogP contribution in [0.4, 0.5) is 0 Å². The van der Waals surface area contributed by atoms with Gasteiger partial charge in [-0.3, -0.25) is 4.79 Å². The number of imidazole rings is 1. The van der Waals surface area contributed by atoms with Gasteiger partial charge in [0.1, 0.15) is 5.82 Å². The van der Waals surface area contributed by atoms with Crippen LogP contribution in [0.3, 0.4) is 0 Å². The molecule has 2 aromatic rings. The minimum Gasteiger partial charge on any atom is -0.346 e. The van der Waals surface area contributed by atoms with Crippen LogP contribution in [0.2, 0.25) is 0 Å². The van der Waals surface area contributed by atoms with Crippen molar-refractivity contribution in [1.29, 1.82) is 0 Å². The molecule has 5 atom stereocenters. The number of nitrogens with zero attached hydrogens (tertiary/aromatic N) is 1. The average molecular weight is 298 g/mol. The summed E-state index contributed by atoms with van der Waals surface area (Å²) in [7, 11) is 0. The molecule has 1 amide bonds. The van der Waals surface area contributed by atoms with Gasteiger partial charge in [-0.05, 0) is 50.2 Å². The van der Waals surface area contributed by atoms with Crippen LogP contribution in [-0.2, 0) is 4.79 Å². The van der Waals surface area contributed by atoms with Gasteiger partial charge in [0.05, 0.1) is 23.0 Å². The molecule has 4 N–H and O–H groups in total. The fraction of sp³-hybridized carbons (Fsp3) is 0.529. The van der Waals surface area contributed by atoms with Gasteiger partial charge in [0, 0.05) is 6.04 Å². The van der Waals surface area contributed by atoms with Crippen molar-refractivity contribution in [2.75, 3.05) is 0 Å². The number of carbonyl (C=O) groups excluding carboxylic acids is 1. The molecule has 2 aliphatic carbocycles. The zero-order valence-corrected chi connectivity index (χ0v) is 12.8. The Balaban J connectivity index is 1.49. The quantitative estimate of drug-likeness (QED) is 0.811. The van der Waals surface area contributed by atoms with Crippen LogP contribution < -0.4 is 11.1 Å². The first-order valence-electron chi connectivity index (χ1n) is 8.14. The predicted molar refractivity (Wildman–Crippen MR) is 84.9 cm³/mol. The molecule has 5 unspecified atom stereocenters. The van der Waals surface area contributed by atoms with Gasteiger partial charge >= 0.3 is 0 Å². The number of aromatic amines is 1. The first kappa shape index (κ1) is 13.8. The van der Waals surface area contributed by atoms with Crippen molar-refractivity contribution in [2.24, 2.45) is 23.5 Å². The lowest BCUT2D eigenvalue weighted by Gasteiger charge is -2.28. The second-order valence-electron chi connectivity index (χ2n) is 6.81. The number of amides is 1. The van der Waals surface area contributed by atoms with E-state index in [-0.39, 0.29) is 23.9 Å². The maximum atomic E-state index is 12.6. The second-order valence-corrected chi connectivity index (χ2v) is 6.81. The summed E-state index contributed by atoms with van der Waals surface area (Å²) in [6.07, 6.45) is 3.46. The molecule has 0 spiro atoms. The van der Waals surface area contributed by atoms with Gasteiger partial charge in [-0.1, -0.05) is 12.1 Å². The summed E-state index contributed by atoms with van der Waals surface area (Å²) >= 11 is 0. The van der Waals surface area contributed by atoms with Crippen LogP contribution in [0.5, 0.6) is 0 Å². The number of carbonyl (C=O) groups is 1. The third kappa shape index (κ3) is 2.11. The molecule has 4 rings (SSSR count). The smallest absolute Gasteiger partial charge is 0.225 e. The Kier molecular flexibility index (Phi) is 3.18. The van der Waals surface area contributed by atoms with E-state index >= 15 is 0 Å².